The monoisotopic (exact) mass is 526 g/mol. The number of hydrogen-bond acceptors (Lipinski definition) is 6. The zero-order valence-electron chi connectivity index (χ0n) is 21.9. The molecule has 0 aromatic heterocycles. The van der Waals surface area contributed by atoms with Crippen LogP contribution in [0.2, 0.25) is 0 Å². The molecule has 1 atom stereocenters. The van der Waals surface area contributed by atoms with Crippen LogP contribution in [-0.2, 0) is 14.4 Å². The van der Waals surface area contributed by atoms with E-state index in [9.17, 15) is 19.2 Å². The number of benzene rings is 3. The Morgan fingerprint density at radius 3 is 1.87 bits per heavy atom. The van der Waals surface area contributed by atoms with E-state index in [-0.39, 0.29) is 48.5 Å². The highest BCUT2D eigenvalue weighted by Gasteiger charge is 2.39. The van der Waals surface area contributed by atoms with E-state index < -0.39 is 23.9 Å². The first-order chi connectivity index (χ1) is 18.8. The second-order valence-electron chi connectivity index (χ2n) is 10.3. The molecule has 0 bridgehead atoms. The van der Waals surface area contributed by atoms with Crippen molar-refractivity contribution in [1.82, 2.24) is 10.4 Å². The summed E-state index contributed by atoms with van der Waals surface area (Å²) in [5.74, 6) is -2.13. The minimum atomic E-state index is -0.718. The summed E-state index contributed by atoms with van der Waals surface area (Å²) in [6.07, 6.45) is -0.0184. The Kier molecular flexibility index (Phi) is 7.45. The number of carbonyl (C=O) groups is 4. The molecule has 1 N–H and O–H groups in total. The molecule has 1 aliphatic heterocycles. The number of ether oxygens (including phenoxy) is 1. The molecule has 0 saturated heterocycles. The number of imide groups is 1. The van der Waals surface area contributed by atoms with Gasteiger partial charge >= 0.3 is 12.1 Å². The van der Waals surface area contributed by atoms with Crippen LogP contribution in [0.15, 0.2) is 72.8 Å². The van der Waals surface area contributed by atoms with Crippen molar-refractivity contribution in [3.8, 4) is 11.1 Å². The Labute approximate surface area is 226 Å². The van der Waals surface area contributed by atoms with Crippen LogP contribution < -0.4 is 5.32 Å². The van der Waals surface area contributed by atoms with Crippen LogP contribution in [0.5, 0.6) is 0 Å². The van der Waals surface area contributed by atoms with Gasteiger partial charge in [-0.05, 0) is 52.6 Å². The number of alkyl carbamates (subject to hydrolysis) is 1. The third kappa shape index (κ3) is 5.41. The standard InChI is InChI=1S/C31H30N2O6/c1-19(2)15-20(16-28(34)39-33-29(35)25-13-7-8-14-26(25)30(33)36)17-32-31(37)38-18-27-23-11-5-3-9-21(23)22-10-4-6-12-24(22)27/h3-14,19-20,27H,15-18H2,1-2H3,(H,32,37)/t20-/m0/s1. The van der Waals surface area contributed by atoms with Gasteiger partial charge in [0.25, 0.3) is 11.8 Å². The Balaban J connectivity index is 1.16. The fourth-order valence-corrected chi connectivity index (χ4v) is 5.41. The van der Waals surface area contributed by atoms with Crippen molar-refractivity contribution in [2.24, 2.45) is 11.8 Å². The molecule has 0 fully saturated rings. The Morgan fingerprint density at radius 2 is 1.33 bits per heavy atom. The zero-order valence-corrected chi connectivity index (χ0v) is 21.9. The predicted molar refractivity (Wildman–Crippen MR) is 144 cm³/mol. The first-order valence-electron chi connectivity index (χ1n) is 13.1. The molecular formula is C31H30N2O6. The minimum absolute atomic E-state index is 0.0516. The SMILES string of the molecule is CC(C)C[C@H](CNC(=O)OCC1c2ccccc2-c2ccccc21)CC(=O)ON1C(=O)c2ccccc2C1=O. The average Bonchev–Trinajstić information content (AvgIpc) is 3.37. The molecule has 2 aliphatic rings. The van der Waals surface area contributed by atoms with Gasteiger partial charge in [-0.15, -0.1) is 0 Å². The van der Waals surface area contributed by atoms with E-state index in [4.69, 9.17) is 9.57 Å². The molecule has 3 amide bonds. The van der Waals surface area contributed by atoms with Crippen molar-refractivity contribution in [2.45, 2.75) is 32.6 Å². The number of nitrogens with one attached hydrogen (secondary N) is 1. The molecule has 0 radical (unpaired) electrons. The summed E-state index contributed by atoms with van der Waals surface area (Å²) in [6, 6.07) is 22.5. The van der Waals surface area contributed by atoms with Gasteiger partial charge in [0, 0.05) is 12.5 Å². The third-order valence-electron chi connectivity index (χ3n) is 7.09. The van der Waals surface area contributed by atoms with Crippen molar-refractivity contribution < 1.29 is 28.8 Å². The van der Waals surface area contributed by atoms with Crippen LogP contribution in [0.1, 0.15) is 64.4 Å². The van der Waals surface area contributed by atoms with Crippen LogP contribution in [-0.4, -0.2) is 42.1 Å². The lowest BCUT2D eigenvalue weighted by Gasteiger charge is -2.20. The lowest BCUT2D eigenvalue weighted by atomic mass is 9.94. The molecule has 8 heteroatoms. The van der Waals surface area contributed by atoms with E-state index in [0.29, 0.717) is 11.5 Å². The maximum absolute atomic E-state index is 12.7. The Bertz CT molecular complexity index is 1350. The fraction of sp³-hybridized carbons (Fsp3) is 0.290. The second-order valence-corrected chi connectivity index (χ2v) is 10.3. The number of hydroxylamine groups is 2. The Hall–Kier alpha value is -4.46. The van der Waals surface area contributed by atoms with Crippen LogP contribution in [0.4, 0.5) is 4.79 Å². The maximum atomic E-state index is 12.7. The Morgan fingerprint density at radius 1 is 0.821 bits per heavy atom. The quantitative estimate of drug-likeness (QED) is 0.378. The molecule has 39 heavy (non-hydrogen) atoms. The smallest absolute Gasteiger partial charge is 0.407 e. The van der Waals surface area contributed by atoms with Crippen molar-refractivity contribution in [3.05, 3.63) is 95.1 Å². The number of rotatable bonds is 9. The van der Waals surface area contributed by atoms with Crippen LogP contribution in [0, 0.1) is 11.8 Å². The summed E-state index contributed by atoms with van der Waals surface area (Å²) in [7, 11) is 0. The summed E-state index contributed by atoms with van der Waals surface area (Å²) in [5, 5.41) is 3.29. The molecule has 8 nitrogen and oxygen atoms in total. The molecule has 0 saturated carbocycles. The number of hydrogen-bond donors (Lipinski definition) is 1. The van der Waals surface area contributed by atoms with Gasteiger partial charge in [0.15, 0.2) is 0 Å². The van der Waals surface area contributed by atoms with Gasteiger partial charge in [-0.1, -0.05) is 79.6 Å². The van der Waals surface area contributed by atoms with Crippen molar-refractivity contribution >= 4 is 23.9 Å². The molecular weight excluding hydrogens is 496 g/mol. The molecule has 3 aromatic rings. The van der Waals surface area contributed by atoms with E-state index in [1.54, 1.807) is 12.1 Å². The van der Waals surface area contributed by atoms with Gasteiger partial charge in [-0.2, -0.15) is 0 Å². The first-order valence-corrected chi connectivity index (χ1v) is 13.1. The number of fused-ring (bicyclic) bond motifs is 4. The van der Waals surface area contributed by atoms with Crippen molar-refractivity contribution in [2.75, 3.05) is 13.2 Å². The highest BCUT2D eigenvalue weighted by atomic mass is 16.7. The third-order valence-corrected chi connectivity index (χ3v) is 7.09. The first kappa shape index (κ1) is 26.2. The summed E-state index contributed by atoms with van der Waals surface area (Å²) in [6.45, 7) is 4.40. The molecule has 3 aromatic carbocycles. The van der Waals surface area contributed by atoms with Crippen LogP contribution in [0.25, 0.3) is 11.1 Å². The van der Waals surface area contributed by atoms with Crippen LogP contribution >= 0.6 is 0 Å². The highest BCUT2D eigenvalue weighted by molar-refractivity contribution is 6.20. The van der Waals surface area contributed by atoms with E-state index in [2.05, 4.69) is 29.6 Å². The van der Waals surface area contributed by atoms with E-state index in [0.717, 1.165) is 22.3 Å². The lowest BCUT2D eigenvalue weighted by molar-refractivity contribution is -0.169. The number of nitrogens with zero attached hydrogens (tertiary/aromatic N) is 1. The van der Waals surface area contributed by atoms with Gasteiger partial charge in [0.05, 0.1) is 17.5 Å². The summed E-state index contributed by atoms with van der Waals surface area (Å²) in [5.41, 5.74) is 4.95. The van der Waals surface area contributed by atoms with Gasteiger partial charge in [-0.3, -0.25) is 9.59 Å². The summed E-state index contributed by atoms with van der Waals surface area (Å²) < 4.78 is 5.61. The lowest BCUT2D eigenvalue weighted by Crippen LogP contribution is -2.35. The van der Waals surface area contributed by atoms with Crippen LogP contribution in [0.3, 0.4) is 0 Å². The molecule has 1 heterocycles. The van der Waals surface area contributed by atoms with E-state index >= 15 is 0 Å². The van der Waals surface area contributed by atoms with Gasteiger partial charge in [0.2, 0.25) is 0 Å². The van der Waals surface area contributed by atoms with Gasteiger partial charge in [0.1, 0.15) is 6.61 Å². The second kappa shape index (κ2) is 11.1. The van der Waals surface area contributed by atoms with E-state index in [1.807, 2.05) is 38.1 Å². The number of carbonyl (C=O) groups excluding carboxylic acids is 4. The molecule has 200 valence electrons. The highest BCUT2D eigenvalue weighted by Crippen LogP contribution is 2.44. The fourth-order valence-electron chi connectivity index (χ4n) is 5.41. The van der Waals surface area contributed by atoms with E-state index in [1.165, 1.54) is 12.1 Å². The van der Waals surface area contributed by atoms with Crippen molar-refractivity contribution in [3.63, 3.8) is 0 Å². The number of amides is 3. The largest absolute Gasteiger partial charge is 0.449 e. The minimum Gasteiger partial charge on any atom is -0.449 e. The van der Waals surface area contributed by atoms with Gasteiger partial charge < -0.3 is 14.9 Å². The molecule has 0 spiro atoms. The maximum Gasteiger partial charge on any atom is 0.407 e. The predicted octanol–water partition coefficient (Wildman–Crippen LogP) is 5.33. The topological polar surface area (TPSA) is 102 Å². The molecule has 1 aliphatic carbocycles. The zero-order chi connectivity index (χ0) is 27.5. The van der Waals surface area contributed by atoms with Crippen molar-refractivity contribution in [1.29, 1.82) is 0 Å². The normalized spacial score (nSPS) is 14.6. The summed E-state index contributed by atoms with van der Waals surface area (Å²) in [4.78, 5) is 55.5. The molecule has 0 unspecified atom stereocenters. The van der Waals surface area contributed by atoms with Gasteiger partial charge in [-0.25, -0.2) is 9.59 Å². The molecule has 5 rings (SSSR count). The average molecular weight is 527 g/mol. The summed E-state index contributed by atoms with van der Waals surface area (Å²) >= 11 is 0.